The Kier molecular flexibility index (Phi) is 10.2. The fraction of sp³-hybridized carbons (Fsp3) is 0.406. The Balaban J connectivity index is 1.67. The number of hydrogen-bond acceptors (Lipinski definition) is 6. The van der Waals surface area contributed by atoms with E-state index in [-0.39, 0.29) is 5.97 Å². The van der Waals surface area contributed by atoms with E-state index >= 15 is 0 Å². The van der Waals surface area contributed by atoms with Gasteiger partial charge in [0.05, 0.1) is 19.8 Å². The van der Waals surface area contributed by atoms with Crippen LogP contribution in [0.5, 0.6) is 17.2 Å². The zero-order valence-corrected chi connectivity index (χ0v) is 23.8. The summed E-state index contributed by atoms with van der Waals surface area (Å²) in [4.78, 5) is 14.2. The van der Waals surface area contributed by atoms with Crippen molar-refractivity contribution in [3.05, 3.63) is 77.4 Å². The van der Waals surface area contributed by atoms with Gasteiger partial charge in [-0.1, -0.05) is 48.5 Å². The van der Waals surface area contributed by atoms with Crippen LogP contribution in [0.25, 0.3) is 11.1 Å². The van der Waals surface area contributed by atoms with Crippen LogP contribution in [0.15, 0.2) is 60.7 Å². The molecule has 0 radical (unpaired) electrons. The highest BCUT2D eigenvalue weighted by molar-refractivity contribution is 5.70. The van der Waals surface area contributed by atoms with Crippen molar-refractivity contribution in [1.29, 1.82) is 0 Å². The minimum atomic E-state index is -0.461. The van der Waals surface area contributed by atoms with E-state index in [9.17, 15) is 4.79 Å². The molecule has 38 heavy (non-hydrogen) atoms. The maximum absolute atomic E-state index is 12.0. The van der Waals surface area contributed by atoms with Crippen LogP contribution in [0.4, 0.5) is 0 Å². The van der Waals surface area contributed by atoms with Gasteiger partial charge in [0.25, 0.3) is 0 Å². The molecule has 0 saturated carbocycles. The number of benzene rings is 3. The second-order valence-corrected chi connectivity index (χ2v) is 10.5. The second-order valence-electron chi connectivity index (χ2n) is 10.5. The number of ether oxygens (including phenoxy) is 4. The molecular formula is C32H41NO5. The summed E-state index contributed by atoms with van der Waals surface area (Å²) < 4.78 is 23.1. The Morgan fingerprint density at radius 3 is 2.18 bits per heavy atom. The number of rotatable bonds is 12. The van der Waals surface area contributed by atoms with Gasteiger partial charge in [-0.15, -0.1) is 0 Å². The Hall–Kier alpha value is -3.51. The number of methoxy groups -OCH3 is 2. The van der Waals surface area contributed by atoms with Crippen molar-refractivity contribution < 1.29 is 23.7 Å². The maximum Gasteiger partial charge on any atom is 0.306 e. The molecule has 0 saturated heterocycles. The van der Waals surface area contributed by atoms with Gasteiger partial charge in [-0.05, 0) is 70.0 Å². The summed E-state index contributed by atoms with van der Waals surface area (Å²) in [6.45, 7) is 9.55. The molecule has 0 aliphatic rings. The lowest BCUT2D eigenvalue weighted by atomic mass is 9.97. The fourth-order valence-corrected chi connectivity index (χ4v) is 4.37. The monoisotopic (exact) mass is 519 g/mol. The summed E-state index contributed by atoms with van der Waals surface area (Å²) >= 11 is 0. The van der Waals surface area contributed by atoms with Crippen LogP contribution in [0.3, 0.4) is 0 Å². The Labute approximate surface area is 227 Å². The van der Waals surface area contributed by atoms with Gasteiger partial charge in [0.1, 0.15) is 29.5 Å². The number of carbonyl (C=O) groups excluding carboxylic acids is 1. The third-order valence-electron chi connectivity index (χ3n) is 6.28. The normalized spacial score (nSPS) is 11.4. The fourth-order valence-electron chi connectivity index (χ4n) is 4.37. The molecule has 204 valence electrons. The predicted molar refractivity (Wildman–Crippen MR) is 152 cm³/mol. The Bertz CT molecular complexity index is 1180. The van der Waals surface area contributed by atoms with E-state index in [2.05, 4.69) is 54.3 Å². The molecule has 0 fully saturated rings. The highest BCUT2D eigenvalue weighted by atomic mass is 16.6. The molecule has 6 nitrogen and oxygen atoms in total. The molecule has 3 aromatic carbocycles. The molecule has 0 aliphatic carbocycles. The highest BCUT2D eigenvalue weighted by Crippen LogP contribution is 2.36. The maximum atomic E-state index is 12.0. The van der Waals surface area contributed by atoms with Crippen molar-refractivity contribution in [1.82, 2.24) is 4.90 Å². The quantitative estimate of drug-likeness (QED) is 0.245. The van der Waals surface area contributed by atoms with E-state index in [4.69, 9.17) is 18.9 Å². The van der Waals surface area contributed by atoms with Gasteiger partial charge in [-0.25, -0.2) is 0 Å². The molecule has 0 aromatic heterocycles. The van der Waals surface area contributed by atoms with Crippen LogP contribution in [-0.4, -0.2) is 44.3 Å². The first-order chi connectivity index (χ1) is 18.1. The van der Waals surface area contributed by atoms with Crippen molar-refractivity contribution in [2.24, 2.45) is 0 Å². The molecule has 6 heteroatoms. The molecule has 0 atom stereocenters. The Morgan fingerprint density at radius 2 is 1.58 bits per heavy atom. The third-order valence-corrected chi connectivity index (χ3v) is 6.28. The average molecular weight is 520 g/mol. The summed E-state index contributed by atoms with van der Waals surface area (Å²) in [6.07, 6.45) is 1.09. The standard InChI is InChI=1S/C32H41NO5/c1-23-25(15-11-16-27(23)24-13-9-8-10-14-24)22-37-26-19-29(35-6)28(30(20-26)36-7)21-33(5)18-12-17-31(34)38-32(2,3)4/h8-11,13-16,19-20H,12,17-18,21-22H2,1-7H3. The number of nitrogens with zero attached hydrogens (tertiary/aromatic N) is 1. The molecule has 0 bridgehead atoms. The van der Waals surface area contributed by atoms with Crippen LogP contribution < -0.4 is 14.2 Å². The summed E-state index contributed by atoms with van der Waals surface area (Å²) in [7, 11) is 5.32. The van der Waals surface area contributed by atoms with E-state index in [1.807, 2.05) is 46.0 Å². The molecule has 0 unspecified atom stereocenters. The molecule has 3 aromatic rings. The van der Waals surface area contributed by atoms with Crippen LogP contribution in [-0.2, 0) is 22.7 Å². The molecule has 0 spiro atoms. The summed E-state index contributed by atoms with van der Waals surface area (Å²) in [6, 6.07) is 20.5. The number of esters is 1. The molecular weight excluding hydrogens is 478 g/mol. The third kappa shape index (κ3) is 8.25. The lowest BCUT2D eigenvalue weighted by molar-refractivity contribution is -0.154. The van der Waals surface area contributed by atoms with Gasteiger partial charge >= 0.3 is 5.97 Å². The Morgan fingerprint density at radius 1 is 0.921 bits per heavy atom. The number of hydrogen-bond donors (Lipinski definition) is 0. The van der Waals surface area contributed by atoms with E-state index in [1.165, 1.54) is 16.7 Å². The van der Waals surface area contributed by atoms with Crippen LogP contribution >= 0.6 is 0 Å². The zero-order valence-electron chi connectivity index (χ0n) is 23.8. The minimum Gasteiger partial charge on any atom is -0.496 e. The molecule has 0 heterocycles. The summed E-state index contributed by atoms with van der Waals surface area (Å²) in [5, 5.41) is 0. The minimum absolute atomic E-state index is 0.174. The second kappa shape index (κ2) is 13.3. The van der Waals surface area contributed by atoms with Crippen LogP contribution in [0.2, 0.25) is 0 Å². The summed E-state index contributed by atoms with van der Waals surface area (Å²) in [5.74, 6) is 1.91. The first kappa shape index (κ1) is 29.1. The smallest absolute Gasteiger partial charge is 0.306 e. The lowest BCUT2D eigenvalue weighted by Gasteiger charge is -2.22. The average Bonchev–Trinajstić information content (AvgIpc) is 2.88. The largest absolute Gasteiger partial charge is 0.496 e. The van der Waals surface area contributed by atoms with Crippen molar-refractivity contribution in [2.45, 2.75) is 59.3 Å². The topological polar surface area (TPSA) is 57.2 Å². The van der Waals surface area contributed by atoms with Gasteiger partial charge in [-0.3, -0.25) is 4.79 Å². The first-order valence-corrected chi connectivity index (χ1v) is 13.0. The van der Waals surface area contributed by atoms with Gasteiger partial charge in [-0.2, -0.15) is 0 Å². The van der Waals surface area contributed by atoms with Crippen LogP contribution in [0.1, 0.15) is 50.3 Å². The van der Waals surface area contributed by atoms with E-state index in [1.54, 1.807) is 14.2 Å². The molecule has 0 N–H and O–H groups in total. The molecule has 3 rings (SSSR count). The SMILES string of the molecule is COc1cc(OCc2cccc(-c3ccccc3)c2C)cc(OC)c1CN(C)CCCC(=O)OC(C)(C)C. The first-order valence-electron chi connectivity index (χ1n) is 13.0. The van der Waals surface area contributed by atoms with Crippen molar-refractivity contribution in [3.8, 4) is 28.4 Å². The zero-order chi connectivity index (χ0) is 27.7. The van der Waals surface area contributed by atoms with Gasteiger partial charge in [0.2, 0.25) is 0 Å². The van der Waals surface area contributed by atoms with Gasteiger partial charge in [0, 0.05) is 25.1 Å². The van der Waals surface area contributed by atoms with Gasteiger partial charge < -0.3 is 23.8 Å². The predicted octanol–water partition coefficient (Wildman–Crippen LogP) is 6.81. The van der Waals surface area contributed by atoms with E-state index < -0.39 is 5.60 Å². The lowest BCUT2D eigenvalue weighted by Crippen LogP contribution is -2.25. The van der Waals surface area contributed by atoms with Crippen molar-refractivity contribution >= 4 is 5.97 Å². The van der Waals surface area contributed by atoms with Crippen molar-refractivity contribution in [3.63, 3.8) is 0 Å². The molecule has 0 amide bonds. The summed E-state index contributed by atoms with van der Waals surface area (Å²) in [5.41, 5.74) is 5.18. The van der Waals surface area contributed by atoms with Gasteiger partial charge in [0.15, 0.2) is 0 Å². The highest BCUT2D eigenvalue weighted by Gasteiger charge is 2.18. The number of carbonyl (C=O) groups is 1. The van der Waals surface area contributed by atoms with Crippen molar-refractivity contribution in [2.75, 3.05) is 27.8 Å². The van der Waals surface area contributed by atoms with E-state index in [0.29, 0.717) is 43.2 Å². The van der Waals surface area contributed by atoms with Crippen LogP contribution in [0, 0.1) is 6.92 Å². The van der Waals surface area contributed by atoms with E-state index in [0.717, 1.165) is 17.7 Å². The molecule has 0 aliphatic heterocycles.